The van der Waals surface area contributed by atoms with Gasteiger partial charge in [-0.25, -0.2) is 9.59 Å². The standard InChI is InChI=1S/C15H20N2O3/c1-17(10-12-7-8-12)15(20)16-13(14(18)19)9-11-5-3-2-4-6-11/h2-6,12-13H,7-10H2,1H3,(H,16,20)(H,18,19)/t13-/m0/s1. The van der Waals surface area contributed by atoms with Gasteiger partial charge in [-0.05, 0) is 24.3 Å². The van der Waals surface area contributed by atoms with E-state index in [9.17, 15) is 14.7 Å². The summed E-state index contributed by atoms with van der Waals surface area (Å²) in [5.74, 6) is -0.426. The van der Waals surface area contributed by atoms with Gasteiger partial charge in [0.1, 0.15) is 6.04 Å². The first-order valence-corrected chi connectivity index (χ1v) is 6.84. The first-order valence-electron chi connectivity index (χ1n) is 6.84. The van der Waals surface area contributed by atoms with Gasteiger partial charge in [-0.15, -0.1) is 0 Å². The predicted molar refractivity (Wildman–Crippen MR) is 75.5 cm³/mol. The number of carbonyl (C=O) groups is 2. The van der Waals surface area contributed by atoms with Crippen LogP contribution in [-0.2, 0) is 11.2 Å². The highest BCUT2D eigenvalue weighted by Gasteiger charge is 2.27. The number of carbonyl (C=O) groups excluding carboxylic acids is 1. The normalized spacial score (nSPS) is 15.4. The minimum Gasteiger partial charge on any atom is -0.480 e. The first-order chi connectivity index (χ1) is 9.56. The lowest BCUT2D eigenvalue weighted by atomic mass is 10.1. The molecule has 2 amide bonds. The van der Waals surface area contributed by atoms with E-state index in [1.165, 1.54) is 0 Å². The van der Waals surface area contributed by atoms with Crippen molar-refractivity contribution in [1.82, 2.24) is 10.2 Å². The monoisotopic (exact) mass is 276 g/mol. The molecule has 20 heavy (non-hydrogen) atoms. The molecule has 1 aliphatic rings. The van der Waals surface area contributed by atoms with Crippen LogP contribution >= 0.6 is 0 Å². The maximum Gasteiger partial charge on any atom is 0.326 e. The number of nitrogens with one attached hydrogen (secondary N) is 1. The lowest BCUT2D eigenvalue weighted by Gasteiger charge is -2.21. The van der Waals surface area contributed by atoms with Crippen molar-refractivity contribution < 1.29 is 14.7 Å². The van der Waals surface area contributed by atoms with Crippen LogP contribution in [0.4, 0.5) is 4.79 Å². The molecular weight excluding hydrogens is 256 g/mol. The predicted octanol–water partition coefficient (Wildman–Crippen LogP) is 1.73. The van der Waals surface area contributed by atoms with E-state index in [0.29, 0.717) is 18.9 Å². The zero-order chi connectivity index (χ0) is 14.5. The molecule has 0 aromatic heterocycles. The van der Waals surface area contributed by atoms with E-state index in [-0.39, 0.29) is 6.03 Å². The summed E-state index contributed by atoms with van der Waals surface area (Å²) < 4.78 is 0. The Morgan fingerprint density at radius 3 is 2.55 bits per heavy atom. The molecule has 1 saturated carbocycles. The molecular formula is C15H20N2O3. The summed E-state index contributed by atoms with van der Waals surface area (Å²) in [5, 5.41) is 11.8. The minimum absolute atomic E-state index is 0.291. The first kappa shape index (κ1) is 14.4. The van der Waals surface area contributed by atoms with Crippen LogP contribution in [0.5, 0.6) is 0 Å². The Morgan fingerprint density at radius 2 is 2.00 bits per heavy atom. The number of hydrogen-bond donors (Lipinski definition) is 2. The summed E-state index contributed by atoms with van der Waals surface area (Å²) in [6.07, 6.45) is 2.60. The van der Waals surface area contributed by atoms with Gasteiger partial charge in [-0.1, -0.05) is 30.3 Å². The summed E-state index contributed by atoms with van der Waals surface area (Å²) in [6.45, 7) is 0.698. The van der Waals surface area contributed by atoms with E-state index in [4.69, 9.17) is 0 Å². The molecule has 0 aliphatic heterocycles. The van der Waals surface area contributed by atoms with Gasteiger partial charge < -0.3 is 15.3 Å². The number of carboxylic acids is 1. The van der Waals surface area contributed by atoms with Gasteiger partial charge in [0.25, 0.3) is 0 Å². The van der Waals surface area contributed by atoms with Gasteiger partial charge in [0.05, 0.1) is 0 Å². The second-order valence-electron chi connectivity index (χ2n) is 5.35. The van der Waals surface area contributed by atoms with Crippen molar-refractivity contribution in [2.24, 2.45) is 5.92 Å². The highest BCUT2D eigenvalue weighted by molar-refractivity contribution is 5.82. The van der Waals surface area contributed by atoms with Gasteiger partial charge in [-0.3, -0.25) is 0 Å². The van der Waals surface area contributed by atoms with E-state index < -0.39 is 12.0 Å². The Morgan fingerprint density at radius 1 is 1.35 bits per heavy atom. The van der Waals surface area contributed by atoms with E-state index in [0.717, 1.165) is 18.4 Å². The maximum atomic E-state index is 12.0. The zero-order valence-electron chi connectivity index (χ0n) is 11.6. The number of carboxylic acid groups (broad SMARTS) is 1. The molecule has 1 aromatic rings. The summed E-state index contributed by atoms with van der Waals surface area (Å²) in [6, 6.07) is 8.09. The fourth-order valence-corrected chi connectivity index (χ4v) is 2.08. The van der Waals surface area contributed by atoms with Crippen molar-refractivity contribution in [2.45, 2.75) is 25.3 Å². The van der Waals surface area contributed by atoms with Crippen LogP contribution in [0.25, 0.3) is 0 Å². The second kappa shape index (κ2) is 6.41. The van der Waals surface area contributed by atoms with Gasteiger partial charge in [-0.2, -0.15) is 0 Å². The molecule has 2 N–H and O–H groups in total. The molecule has 0 saturated heterocycles. The van der Waals surface area contributed by atoms with Gasteiger partial charge in [0.2, 0.25) is 0 Å². The molecule has 0 spiro atoms. The Kier molecular flexibility index (Phi) is 4.61. The summed E-state index contributed by atoms with van der Waals surface area (Å²) >= 11 is 0. The minimum atomic E-state index is -1.01. The topological polar surface area (TPSA) is 69.6 Å². The van der Waals surface area contributed by atoms with Crippen molar-refractivity contribution in [3.05, 3.63) is 35.9 Å². The van der Waals surface area contributed by atoms with E-state index in [1.54, 1.807) is 11.9 Å². The van der Waals surface area contributed by atoms with Crippen LogP contribution in [0.1, 0.15) is 18.4 Å². The molecule has 1 atom stereocenters. The summed E-state index contributed by atoms with van der Waals surface area (Å²) in [4.78, 5) is 24.8. The van der Waals surface area contributed by atoms with Gasteiger partial charge >= 0.3 is 12.0 Å². The smallest absolute Gasteiger partial charge is 0.326 e. The molecule has 1 aliphatic carbocycles. The van der Waals surface area contributed by atoms with Crippen molar-refractivity contribution in [1.29, 1.82) is 0 Å². The van der Waals surface area contributed by atoms with Crippen LogP contribution in [0.15, 0.2) is 30.3 Å². The lowest BCUT2D eigenvalue weighted by molar-refractivity contribution is -0.139. The van der Waals surface area contributed by atoms with E-state index >= 15 is 0 Å². The lowest BCUT2D eigenvalue weighted by Crippen LogP contribution is -2.48. The quantitative estimate of drug-likeness (QED) is 0.831. The SMILES string of the molecule is CN(CC1CC1)C(=O)N[C@@H](Cc1ccccc1)C(=O)O. The zero-order valence-corrected chi connectivity index (χ0v) is 11.6. The largest absolute Gasteiger partial charge is 0.480 e. The van der Waals surface area contributed by atoms with Crippen LogP contribution in [0.3, 0.4) is 0 Å². The molecule has 1 fully saturated rings. The third kappa shape index (κ3) is 4.26. The fraction of sp³-hybridized carbons (Fsp3) is 0.467. The molecule has 0 bridgehead atoms. The molecule has 0 heterocycles. The number of hydrogen-bond acceptors (Lipinski definition) is 2. The number of benzene rings is 1. The highest BCUT2D eigenvalue weighted by atomic mass is 16.4. The van der Waals surface area contributed by atoms with E-state index in [1.807, 2.05) is 30.3 Å². The molecule has 5 heteroatoms. The molecule has 108 valence electrons. The number of nitrogens with zero attached hydrogens (tertiary/aromatic N) is 1. The van der Waals surface area contributed by atoms with Crippen molar-refractivity contribution in [2.75, 3.05) is 13.6 Å². The Bertz CT molecular complexity index is 471. The van der Waals surface area contributed by atoms with Crippen molar-refractivity contribution in [3.63, 3.8) is 0 Å². The second-order valence-corrected chi connectivity index (χ2v) is 5.35. The summed E-state index contributed by atoms with van der Waals surface area (Å²) in [5.41, 5.74) is 0.894. The van der Waals surface area contributed by atoms with Crippen LogP contribution in [0, 0.1) is 5.92 Å². The molecule has 5 nitrogen and oxygen atoms in total. The Labute approximate surface area is 118 Å². The highest BCUT2D eigenvalue weighted by Crippen LogP contribution is 2.29. The molecule has 2 rings (SSSR count). The molecule has 1 aromatic carbocycles. The van der Waals surface area contributed by atoms with Crippen LogP contribution in [0.2, 0.25) is 0 Å². The third-order valence-electron chi connectivity index (χ3n) is 3.45. The average Bonchev–Trinajstić information content (AvgIpc) is 3.22. The average molecular weight is 276 g/mol. The Hall–Kier alpha value is -2.04. The third-order valence-corrected chi connectivity index (χ3v) is 3.45. The van der Waals surface area contributed by atoms with Gasteiger partial charge in [0, 0.05) is 20.0 Å². The fourth-order valence-electron chi connectivity index (χ4n) is 2.08. The van der Waals surface area contributed by atoms with E-state index in [2.05, 4.69) is 5.32 Å². The van der Waals surface area contributed by atoms with Crippen molar-refractivity contribution >= 4 is 12.0 Å². The number of amides is 2. The van der Waals surface area contributed by atoms with Crippen LogP contribution in [-0.4, -0.2) is 41.6 Å². The van der Waals surface area contributed by atoms with Crippen molar-refractivity contribution in [3.8, 4) is 0 Å². The summed E-state index contributed by atoms with van der Waals surface area (Å²) in [7, 11) is 1.70. The van der Waals surface area contributed by atoms with Crippen LogP contribution < -0.4 is 5.32 Å². The maximum absolute atomic E-state index is 12.0. The number of rotatable bonds is 6. The number of aliphatic carboxylic acids is 1. The number of urea groups is 1. The van der Waals surface area contributed by atoms with Gasteiger partial charge in [0.15, 0.2) is 0 Å². The molecule has 0 radical (unpaired) electrons. The molecule has 0 unspecified atom stereocenters. The Balaban J connectivity index is 1.91.